The lowest BCUT2D eigenvalue weighted by atomic mass is 9.81. The van der Waals surface area contributed by atoms with Crippen LogP contribution in [0.4, 0.5) is 17.1 Å². The average molecular weight is 826 g/mol. The maximum Gasteiger partial charge on any atom is 0.143 e. The minimum Gasteiger partial charge on any atom is -0.455 e. The first-order chi connectivity index (χ1) is 30.8. The van der Waals surface area contributed by atoms with Crippen LogP contribution < -0.4 is 4.90 Å². The maximum atomic E-state index is 6.56. The van der Waals surface area contributed by atoms with Crippen molar-refractivity contribution in [1.29, 1.82) is 0 Å². The maximum absolute atomic E-state index is 6.56. The lowest BCUT2D eigenvalue weighted by molar-refractivity contribution is 0.660. The topological polar surface area (TPSA) is 16.4 Å². The molecule has 2 nitrogen and oxygen atoms in total. The fourth-order valence-electron chi connectivity index (χ4n) is 11.1. The molecule has 0 unspecified atom stereocenters. The Morgan fingerprint density at radius 2 is 1.06 bits per heavy atom. The predicted octanol–water partition coefficient (Wildman–Crippen LogP) is 17.4. The third-order valence-corrected chi connectivity index (χ3v) is 15.4. The van der Waals surface area contributed by atoms with Crippen LogP contribution in [0.25, 0.3) is 86.6 Å². The Morgan fingerprint density at radius 1 is 0.413 bits per heavy atom. The number of furan rings is 1. The highest BCUT2D eigenvalue weighted by atomic mass is 32.1. The van der Waals surface area contributed by atoms with Gasteiger partial charge < -0.3 is 9.32 Å². The second-order valence-corrected chi connectivity index (χ2v) is 19.5. The van der Waals surface area contributed by atoms with Crippen molar-refractivity contribution in [2.24, 2.45) is 0 Å². The zero-order valence-corrected chi connectivity index (χ0v) is 36.5. The Hall–Kier alpha value is -7.20. The van der Waals surface area contributed by atoms with Gasteiger partial charge in [0.25, 0.3) is 0 Å². The molecule has 300 valence electrons. The number of hydrogen-bond donors (Lipinski definition) is 0. The zero-order valence-electron chi connectivity index (χ0n) is 35.7. The summed E-state index contributed by atoms with van der Waals surface area (Å²) < 4.78 is 9.16. The van der Waals surface area contributed by atoms with Gasteiger partial charge in [0.15, 0.2) is 0 Å². The lowest BCUT2D eigenvalue weighted by Gasteiger charge is -2.31. The van der Waals surface area contributed by atoms with E-state index in [1.54, 1.807) is 0 Å². The molecule has 2 aliphatic carbocycles. The molecular weight excluding hydrogens is 783 g/mol. The molecule has 3 heteroatoms. The van der Waals surface area contributed by atoms with Crippen LogP contribution in [0.1, 0.15) is 49.9 Å². The number of nitrogens with zero attached hydrogens (tertiary/aromatic N) is 1. The number of anilines is 3. The van der Waals surface area contributed by atoms with Crippen LogP contribution in [0.3, 0.4) is 0 Å². The van der Waals surface area contributed by atoms with Gasteiger partial charge in [-0.1, -0.05) is 167 Å². The van der Waals surface area contributed by atoms with Crippen molar-refractivity contribution < 1.29 is 4.42 Å². The average Bonchev–Trinajstić information content (AvgIpc) is 4.02. The van der Waals surface area contributed by atoms with Gasteiger partial charge in [0.1, 0.15) is 11.2 Å². The summed E-state index contributed by atoms with van der Waals surface area (Å²) in [5, 5.41) is 4.86. The standard InChI is InChI=1S/C60H43NOS/c1-59(2)48-22-11-8-17-42(48)43-31-30-40(34-50(43)59)61(39-28-25-37(26-29-39)41-20-14-21-45-44-18-9-12-23-52(44)62-58(41)45)57-55-47-33-38(36-15-6-5-7-16-36)27-32-49(47)60(3,4)51(55)35-54-56(57)46-19-10-13-24-53(46)63-54/h5-35H,1-4H3. The Kier molecular flexibility index (Phi) is 7.61. The molecule has 0 N–H and O–H groups in total. The van der Waals surface area contributed by atoms with Crippen molar-refractivity contribution in [3.05, 3.63) is 210 Å². The van der Waals surface area contributed by atoms with E-state index in [9.17, 15) is 0 Å². The molecule has 0 radical (unpaired) electrons. The van der Waals surface area contributed by atoms with E-state index >= 15 is 0 Å². The second-order valence-electron chi connectivity index (χ2n) is 18.4. The number of hydrogen-bond acceptors (Lipinski definition) is 3. The Balaban J connectivity index is 1.11. The molecule has 0 aliphatic heterocycles. The molecule has 0 saturated carbocycles. The van der Waals surface area contributed by atoms with Crippen LogP contribution in [0, 0.1) is 0 Å². The molecule has 0 bridgehead atoms. The summed E-state index contributed by atoms with van der Waals surface area (Å²) in [4.78, 5) is 2.59. The third kappa shape index (κ3) is 5.18. The van der Waals surface area contributed by atoms with Gasteiger partial charge in [0, 0.05) is 64.3 Å². The van der Waals surface area contributed by atoms with Crippen molar-refractivity contribution in [2.75, 3.05) is 4.90 Å². The molecule has 0 fully saturated rings. The molecule has 0 spiro atoms. The minimum absolute atomic E-state index is 0.162. The highest BCUT2D eigenvalue weighted by Gasteiger charge is 2.41. The first-order valence-corrected chi connectivity index (χ1v) is 22.8. The molecule has 11 aromatic rings. The Morgan fingerprint density at radius 3 is 1.92 bits per heavy atom. The van der Waals surface area contributed by atoms with Crippen LogP contribution in [-0.2, 0) is 10.8 Å². The van der Waals surface area contributed by atoms with E-state index in [0.717, 1.165) is 44.4 Å². The van der Waals surface area contributed by atoms with Gasteiger partial charge >= 0.3 is 0 Å². The number of fused-ring (bicyclic) bond motifs is 12. The van der Waals surface area contributed by atoms with Crippen molar-refractivity contribution in [1.82, 2.24) is 0 Å². The molecule has 2 aromatic heterocycles. The normalized spacial score (nSPS) is 14.3. The number of rotatable bonds is 5. The summed E-state index contributed by atoms with van der Waals surface area (Å²) in [6.45, 7) is 9.59. The van der Waals surface area contributed by atoms with Crippen LogP contribution in [-0.4, -0.2) is 0 Å². The molecule has 2 heterocycles. The van der Waals surface area contributed by atoms with E-state index in [0.29, 0.717) is 0 Å². The van der Waals surface area contributed by atoms with Crippen molar-refractivity contribution >= 4 is 70.5 Å². The molecule has 13 rings (SSSR count). The van der Waals surface area contributed by atoms with Gasteiger partial charge in [0.2, 0.25) is 0 Å². The van der Waals surface area contributed by atoms with Crippen LogP contribution in [0.5, 0.6) is 0 Å². The summed E-state index contributed by atoms with van der Waals surface area (Å²) in [6, 6.07) is 69.7. The smallest absolute Gasteiger partial charge is 0.143 e. The van der Waals surface area contributed by atoms with Gasteiger partial charge in [-0.05, 0) is 104 Å². The Labute approximate surface area is 371 Å². The van der Waals surface area contributed by atoms with Gasteiger partial charge in [-0.25, -0.2) is 0 Å². The molecule has 63 heavy (non-hydrogen) atoms. The van der Waals surface area contributed by atoms with E-state index in [1.165, 1.54) is 81.5 Å². The van der Waals surface area contributed by atoms with Gasteiger partial charge in [-0.15, -0.1) is 11.3 Å². The van der Waals surface area contributed by atoms with Crippen molar-refractivity contribution in [2.45, 2.75) is 38.5 Å². The molecular formula is C60H43NOS. The predicted molar refractivity (Wildman–Crippen MR) is 267 cm³/mol. The third-order valence-electron chi connectivity index (χ3n) is 14.3. The molecule has 0 atom stereocenters. The van der Waals surface area contributed by atoms with E-state index in [1.807, 2.05) is 17.4 Å². The van der Waals surface area contributed by atoms with Gasteiger partial charge in [-0.2, -0.15) is 0 Å². The summed E-state index contributed by atoms with van der Waals surface area (Å²) in [7, 11) is 0. The molecule has 2 aliphatic rings. The number of para-hydroxylation sites is 2. The van der Waals surface area contributed by atoms with E-state index in [4.69, 9.17) is 4.42 Å². The molecule has 0 saturated heterocycles. The first kappa shape index (κ1) is 36.5. The summed E-state index contributed by atoms with van der Waals surface area (Å²) >= 11 is 1.91. The van der Waals surface area contributed by atoms with Crippen molar-refractivity contribution in [3.63, 3.8) is 0 Å². The van der Waals surface area contributed by atoms with Gasteiger partial charge in [0.05, 0.1) is 5.69 Å². The largest absolute Gasteiger partial charge is 0.455 e. The summed E-state index contributed by atoms with van der Waals surface area (Å²) in [5.74, 6) is 0. The monoisotopic (exact) mass is 825 g/mol. The van der Waals surface area contributed by atoms with Gasteiger partial charge in [-0.3, -0.25) is 0 Å². The molecule has 0 amide bonds. The van der Waals surface area contributed by atoms with E-state index in [2.05, 4.69) is 215 Å². The number of thiophene rings is 1. The highest BCUT2D eigenvalue weighted by Crippen LogP contribution is 2.60. The highest BCUT2D eigenvalue weighted by molar-refractivity contribution is 7.26. The lowest BCUT2D eigenvalue weighted by Crippen LogP contribution is -2.18. The van der Waals surface area contributed by atoms with Crippen molar-refractivity contribution in [3.8, 4) is 44.5 Å². The number of benzene rings is 9. The fraction of sp³-hybridized carbons (Fsp3) is 0.100. The van der Waals surface area contributed by atoms with Crippen LogP contribution in [0.15, 0.2) is 192 Å². The SMILES string of the molecule is CC1(C)c2ccccc2-c2ccc(N(c3ccc(-c4cccc5c4oc4ccccc45)cc3)c3c4c(cc5sc6ccccc6c35)C(C)(C)c3ccc(-c5ccccc5)cc3-4)cc21. The van der Waals surface area contributed by atoms with E-state index in [-0.39, 0.29) is 10.8 Å². The zero-order chi connectivity index (χ0) is 42.2. The Bertz CT molecular complexity index is 3680. The summed E-state index contributed by atoms with van der Waals surface area (Å²) in [5.41, 5.74) is 20.3. The van der Waals surface area contributed by atoms with Crippen LogP contribution in [0.2, 0.25) is 0 Å². The molecule has 9 aromatic carbocycles. The summed E-state index contributed by atoms with van der Waals surface area (Å²) in [6.07, 6.45) is 0. The first-order valence-electron chi connectivity index (χ1n) is 22.0. The van der Waals surface area contributed by atoms with E-state index < -0.39 is 0 Å². The minimum atomic E-state index is -0.221. The fourth-order valence-corrected chi connectivity index (χ4v) is 12.3. The second kappa shape index (κ2) is 13.2. The van der Waals surface area contributed by atoms with Crippen LogP contribution >= 0.6 is 11.3 Å². The quantitative estimate of drug-likeness (QED) is 0.172.